The lowest BCUT2D eigenvalue weighted by atomic mass is 10.3. The fourth-order valence-electron chi connectivity index (χ4n) is 1.43. The molecule has 0 radical (unpaired) electrons. The van der Waals surface area contributed by atoms with Gasteiger partial charge in [-0.1, -0.05) is 0 Å². The smallest absolute Gasteiger partial charge is 0.321 e. The summed E-state index contributed by atoms with van der Waals surface area (Å²) in [6.07, 6.45) is 0.441. The summed E-state index contributed by atoms with van der Waals surface area (Å²) in [5, 5.41) is 20.2. The monoisotopic (exact) mass is 256 g/mol. The number of aliphatic hydroxyl groups is 2. The number of urea groups is 1. The molecular weight excluding hydrogens is 239 g/mol. The Bertz CT molecular complexity index is 370. The van der Waals surface area contributed by atoms with Gasteiger partial charge in [0.1, 0.15) is 5.82 Å². The average molecular weight is 256 g/mol. The summed E-state index contributed by atoms with van der Waals surface area (Å²) in [6.45, 7) is 0.366. The predicted molar refractivity (Wildman–Crippen MR) is 65.8 cm³/mol. The van der Waals surface area contributed by atoms with Gasteiger partial charge in [0.25, 0.3) is 0 Å². The van der Waals surface area contributed by atoms with Gasteiger partial charge in [0, 0.05) is 25.4 Å². The molecule has 1 rings (SSSR count). The largest absolute Gasteiger partial charge is 0.396 e. The van der Waals surface area contributed by atoms with Crippen LogP contribution in [-0.2, 0) is 0 Å². The Hall–Kier alpha value is -1.66. The minimum atomic E-state index is -0.385. The highest BCUT2D eigenvalue weighted by molar-refractivity contribution is 5.89. The number of aliphatic hydroxyl groups excluding tert-OH is 2. The first-order valence-electron chi connectivity index (χ1n) is 5.70. The van der Waals surface area contributed by atoms with Crippen LogP contribution in [0.4, 0.5) is 14.9 Å². The Morgan fingerprint density at radius 1 is 1.17 bits per heavy atom. The number of rotatable bonds is 6. The van der Waals surface area contributed by atoms with E-state index in [-0.39, 0.29) is 31.6 Å². The van der Waals surface area contributed by atoms with Gasteiger partial charge < -0.3 is 20.4 Å². The number of nitrogens with one attached hydrogen (secondary N) is 1. The third kappa shape index (κ3) is 4.68. The Morgan fingerprint density at radius 3 is 2.39 bits per heavy atom. The third-order valence-corrected chi connectivity index (χ3v) is 2.34. The Kier molecular flexibility index (Phi) is 6.10. The summed E-state index contributed by atoms with van der Waals surface area (Å²) < 4.78 is 12.7. The lowest BCUT2D eigenvalue weighted by molar-refractivity contribution is 0.180. The number of nitrogens with zero attached hydrogens (tertiary/aromatic N) is 1. The molecule has 0 aliphatic rings. The van der Waals surface area contributed by atoms with Crippen LogP contribution in [0, 0.1) is 5.82 Å². The van der Waals surface area contributed by atoms with Crippen molar-refractivity contribution >= 4 is 11.7 Å². The van der Waals surface area contributed by atoms with Crippen LogP contribution in [0.1, 0.15) is 6.42 Å². The second-order valence-electron chi connectivity index (χ2n) is 3.72. The van der Waals surface area contributed by atoms with Crippen LogP contribution < -0.4 is 5.32 Å². The lowest BCUT2D eigenvalue weighted by Crippen LogP contribution is -2.38. The maximum atomic E-state index is 12.7. The second kappa shape index (κ2) is 7.62. The van der Waals surface area contributed by atoms with Crippen LogP contribution >= 0.6 is 0 Å². The second-order valence-corrected chi connectivity index (χ2v) is 3.72. The minimum Gasteiger partial charge on any atom is -0.396 e. The Balaban J connectivity index is 2.57. The predicted octanol–water partition coefficient (Wildman–Crippen LogP) is 1.03. The maximum Gasteiger partial charge on any atom is 0.321 e. The molecule has 0 aliphatic heterocycles. The number of benzene rings is 1. The molecule has 1 aromatic carbocycles. The van der Waals surface area contributed by atoms with Crippen LogP contribution in [0.2, 0.25) is 0 Å². The summed E-state index contributed by atoms with van der Waals surface area (Å²) in [4.78, 5) is 13.2. The van der Waals surface area contributed by atoms with Gasteiger partial charge in [-0.25, -0.2) is 9.18 Å². The fourth-order valence-corrected chi connectivity index (χ4v) is 1.43. The third-order valence-electron chi connectivity index (χ3n) is 2.34. The van der Waals surface area contributed by atoms with E-state index < -0.39 is 0 Å². The van der Waals surface area contributed by atoms with E-state index in [1.165, 1.54) is 29.2 Å². The highest BCUT2D eigenvalue weighted by Gasteiger charge is 2.12. The Morgan fingerprint density at radius 2 is 1.83 bits per heavy atom. The van der Waals surface area contributed by atoms with Gasteiger partial charge >= 0.3 is 6.03 Å². The fraction of sp³-hybridized carbons (Fsp3) is 0.417. The van der Waals surface area contributed by atoms with Crippen molar-refractivity contribution in [1.82, 2.24) is 4.90 Å². The molecule has 18 heavy (non-hydrogen) atoms. The van der Waals surface area contributed by atoms with E-state index in [0.29, 0.717) is 18.7 Å². The number of anilines is 1. The van der Waals surface area contributed by atoms with Crippen molar-refractivity contribution in [3.8, 4) is 0 Å². The lowest BCUT2D eigenvalue weighted by Gasteiger charge is -2.21. The van der Waals surface area contributed by atoms with Crippen molar-refractivity contribution in [2.24, 2.45) is 0 Å². The highest BCUT2D eigenvalue weighted by Crippen LogP contribution is 2.09. The van der Waals surface area contributed by atoms with Crippen LogP contribution in [0.3, 0.4) is 0 Å². The molecule has 6 heteroatoms. The number of hydrogen-bond donors (Lipinski definition) is 3. The number of carbonyl (C=O) groups is 1. The zero-order chi connectivity index (χ0) is 13.4. The van der Waals surface area contributed by atoms with Crippen LogP contribution in [0.25, 0.3) is 0 Å². The zero-order valence-corrected chi connectivity index (χ0v) is 9.97. The van der Waals surface area contributed by atoms with E-state index in [4.69, 9.17) is 10.2 Å². The first-order valence-corrected chi connectivity index (χ1v) is 5.70. The van der Waals surface area contributed by atoms with E-state index in [1.807, 2.05) is 0 Å². The molecule has 0 saturated carbocycles. The summed E-state index contributed by atoms with van der Waals surface area (Å²) >= 11 is 0. The molecule has 0 atom stereocenters. The molecule has 3 N–H and O–H groups in total. The van der Waals surface area contributed by atoms with Gasteiger partial charge in [-0.3, -0.25) is 0 Å². The van der Waals surface area contributed by atoms with Gasteiger partial charge in [-0.15, -0.1) is 0 Å². The number of halogens is 1. The molecule has 0 unspecified atom stereocenters. The molecule has 0 bridgehead atoms. The van der Waals surface area contributed by atoms with Crippen molar-refractivity contribution in [2.75, 3.05) is 31.6 Å². The summed E-state index contributed by atoms with van der Waals surface area (Å²) in [5.74, 6) is -0.375. The summed E-state index contributed by atoms with van der Waals surface area (Å²) in [6, 6.07) is 5.02. The van der Waals surface area contributed by atoms with Crippen molar-refractivity contribution in [3.63, 3.8) is 0 Å². The molecule has 100 valence electrons. The quantitative estimate of drug-likeness (QED) is 0.712. The van der Waals surface area contributed by atoms with Crippen LogP contribution in [0.15, 0.2) is 24.3 Å². The molecule has 0 spiro atoms. The van der Waals surface area contributed by atoms with Crippen LogP contribution in [0.5, 0.6) is 0 Å². The van der Waals surface area contributed by atoms with E-state index in [9.17, 15) is 9.18 Å². The Labute approximate surface area is 105 Å². The van der Waals surface area contributed by atoms with Crippen molar-refractivity contribution < 1.29 is 19.4 Å². The van der Waals surface area contributed by atoms with Gasteiger partial charge in [0.2, 0.25) is 0 Å². The summed E-state index contributed by atoms with van der Waals surface area (Å²) in [5.41, 5.74) is 0.480. The van der Waals surface area contributed by atoms with Crippen molar-refractivity contribution in [1.29, 1.82) is 0 Å². The topological polar surface area (TPSA) is 72.8 Å². The molecule has 0 heterocycles. The van der Waals surface area contributed by atoms with Crippen molar-refractivity contribution in [2.45, 2.75) is 6.42 Å². The molecule has 5 nitrogen and oxygen atoms in total. The first-order chi connectivity index (χ1) is 8.67. The average Bonchev–Trinajstić information content (AvgIpc) is 2.37. The van der Waals surface area contributed by atoms with Crippen LogP contribution in [-0.4, -0.2) is 47.4 Å². The number of hydrogen-bond acceptors (Lipinski definition) is 3. The standard InChI is InChI=1S/C12H17FN2O3/c13-10-2-4-11(5-3-10)14-12(18)15(7-9-17)6-1-8-16/h2-5,16-17H,1,6-9H2,(H,14,18). The van der Waals surface area contributed by atoms with Gasteiger partial charge in [0.15, 0.2) is 0 Å². The van der Waals surface area contributed by atoms with Gasteiger partial charge in [0.05, 0.1) is 6.61 Å². The number of amides is 2. The van der Waals surface area contributed by atoms with Gasteiger partial charge in [-0.2, -0.15) is 0 Å². The van der Waals surface area contributed by atoms with Gasteiger partial charge in [-0.05, 0) is 30.7 Å². The molecule has 0 saturated heterocycles. The molecule has 0 aliphatic carbocycles. The summed E-state index contributed by atoms with van der Waals surface area (Å²) in [7, 11) is 0. The van der Waals surface area contributed by atoms with E-state index in [0.717, 1.165) is 0 Å². The normalized spacial score (nSPS) is 10.2. The minimum absolute atomic E-state index is 0.0221. The highest BCUT2D eigenvalue weighted by atomic mass is 19.1. The maximum absolute atomic E-state index is 12.7. The van der Waals surface area contributed by atoms with E-state index in [2.05, 4.69) is 5.32 Å². The first kappa shape index (κ1) is 14.4. The zero-order valence-electron chi connectivity index (χ0n) is 9.97. The number of carbonyl (C=O) groups excluding carboxylic acids is 1. The van der Waals surface area contributed by atoms with E-state index in [1.54, 1.807) is 0 Å². The molecule has 2 amide bonds. The SMILES string of the molecule is O=C(Nc1ccc(F)cc1)N(CCO)CCCO. The molecule has 1 aromatic rings. The molecular formula is C12H17FN2O3. The molecule has 0 aromatic heterocycles. The van der Waals surface area contributed by atoms with Crippen molar-refractivity contribution in [3.05, 3.63) is 30.1 Å². The molecule has 0 fully saturated rings. The van der Waals surface area contributed by atoms with E-state index >= 15 is 0 Å².